The highest BCUT2D eigenvalue weighted by Gasteiger charge is 2.06. The molecule has 90 valence electrons. The van der Waals surface area contributed by atoms with Crippen molar-refractivity contribution in [1.29, 1.82) is 0 Å². The number of hydrogen-bond donors (Lipinski definition) is 4. The van der Waals surface area contributed by atoms with Crippen LogP contribution in [0.1, 0.15) is 13.3 Å². The number of hydrogen-bond acceptors (Lipinski definition) is 5. The highest BCUT2D eigenvalue weighted by Crippen LogP contribution is 1.90. The average molecular weight is 220 g/mol. The number of ether oxygens (including phenoxy) is 1. The van der Waals surface area contributed by atoms with E-state index in [4.69, 9.17) is 14.9 Å². The number of carbonyl (C=O) groups excluding carboxylic acids is 1. The van der Waals surface area contributed by atoms with E-state index in [0.29, 0.717) is 12.6 Å². The maximum atomic E-state index is 11.0. The fraction of sp³-hybridized carbons (Fsp3) is 0.889. The molecule has 0 aliphatic carbocycles. The number of alkyl carbamates (subject to hydrolysis) is 1. The maximum Gasteiger partial charge on any atom is 0.407 e. The SMILES string of the molecule is CNC(C)CCOC(=O)NCC(O)CO. The van der Waals surface area contributed by atoms with E-state index in [1.54, 1.807) is 0 Å². The quantitative estimate of drug-likeness (QED) is 0.445. The van der Waals surface area contributed by atoms with Crippen LogP contribution < -0.4 is 10.6 Å². The summed E-state index contributed by atoms with van der Waals surface area (Å²) in [7, 11) is 1.84. The second kappa shape index (κ2) is 8.46. The molecule has 0 bridgehead atoms. The van der Waals surface area contributed by atoms with Gasteiger partial charge >= 0.3 is 6.09 Å². The summed E-state index contributed by atoms with van der Waals surface area (Å²) in [5.74, 6) is 0. The van der Waals surface area contributed by atoms with E-state index in [2.05, 4.69) is 10.6 Å². The Morgan fingerprint density at radius 2 is 2.20 bits per heavy atom. The van der Waals surface area contributed by atoms with Gasteiger partial charge in [0.1, 0.15) is 0 Å². The number of carbonyl (C=O) groups is 1. The Morgan fingerprint density at radius 1 is 1.53 bits per heavy atom. The van der Waals surface area contributed by atoms with Gasteiger partial charge in [0.25, 0.3) is 0 Å². The smallest absolute Gasteiger partial charge is 0.407 e. The predicted molar refractivity (Wildman–Crippen MR) is 55.6 cm³/mol. The first kappa shape index (κ1) is 14.2. The van der Waals surface area contributed by atoms with Crippen LogP contribution in [-0.4, -0.2) is 55.3 Å². The van der Waals surface area contributed by atoms with E-state index < -0.39 is 12.2 Å². The van der Waals surface area contributed by atoms with E-state index in [1.165, 1.54) is 0 Å². The molecule has 0 radical (unpaired) electrons. The van der Waals surface area contributed by atoms with E-state index in [9.17, 15) is 4.79 Å². The van der Waals surface area contributed by atoms with Gasteiger partial charge in [-0.1, -0.05) is 0 Å². The molecule has 0 aromatic carbocycles. The molecule has 0 fully saturated rings. The van der Waals surface area contributed by atoms with E-state index >= 15 is 0 Å². The van der Waals surface area contributed by atoms with E-state index in [-0.39, 0.29) is 13.2 Å². The number of aliphatic hydroxyl groups is 2. The van der Waals surface area contributed by atoms with Crippen molar-refractivity contribution in [3.8, 4) is 0 Å². The molecule has 0 aromatic rings. The molecule has 0 aliphatic heterocycles. The Morgan fingerprint density at radius 3 is 2.73 bits per heavy atom. The number of nitrogens with one attached hydrogen (secondary N) is 2. The van der Waals surface area contributed by atoms with Gasteiger partial charge in [0.2, 0.25) is 0 Å². The molecule has 6 heteroatoms. The highest BCUT2D eigenvalue weighted by molar-refractivity contribution is 5.67. The summed E-state index contributed by atoms with van der Waals surface area (Å²) in [5, 5.41) is 22.8. The topological polar surface area (TPSA) is 90.8 Å². The first-order chi connectivity index (χ1) is 7.10. The van der Waals surface area contributed by atoms with Crippen molar-refractivity contribution < 1.29 is 19.7 Å². The molecule has 0 rings (SSSR count). The van der Waals surface area contributed by atoms with Crippen LogP contribution in [0, 0.1) is 0 Å². The van der Waals surface area contributed by atoms with Crippen LogP contribution in [-0.2, 0) is 4.74 Å². The molecule has 2 unspecified atom stereocenters. The highest BCUT2D eigenvalue weighted by atomic mass is 16.5. The van der Waals surface area contributed by atoms with Crippen LogP contribution >= 0.6 is 0 Å². The molecule has 0 saturated carbocycles. The standard InChI is InChI=1S/C9H20N2O4/c1-7(10-2)3-4-15-9(14)11-5-8(13)6-12/h7-8,10,12-13H,3-6H2,1-2H3,(H,11,14). The van der Waals surface area contributed by atoms with Crippen molar-refractivity contribution in [2.24, 2.45) is 0 Å². The normalized spacial score (nSPS) is 14.4. The van der Waals surface area contributed by atoms with E-state index in [0.717, 1.165) is 6.42 Å². The van der Waals surface area contributed by atoms with Crippen molar-refractivity contribution in [1.82, 2.24) is 10.6 Å². The minimum atomic E-state index is -0.936. The zero-order valence-corrected chi connectivity index (χ0v) is 9.19. The Bertz CT molecular complexity index is 177. The van der Waals surface area contributed by atoms with Crippen molar-refractivity contribution in [2.75, 3.05) is 26.8 Å². The zero-order valence-electron chi connectivity index (χ0n) is 9.19. The molecular formula is C9H20N2O4. The number of amides is 1. The van der Waals surface area contributed by atoms with Crippen LogP contribution in [0.25, 0.3) is 0 Å². The lowest BCUT2D eigenvalue weighted by molar-refractivity contribution is 0.0881. The van der Waals surface area contributed by atoms with Gasteiger partial charge in [0, 0.05) is 12.6 Å². The Balaban J connectivity index is 3.41. The third-order valence-electron chi connectivity index (χ3n) is 1.97. The number of aliphatic hydroxyl groups excluding tert-OH is 2. The molecular weight excluding hydrogens is 200 g/mol. The van der Waals surface area contributed by atoms with Crippen LogP contribution in [0.3, 0.4) is 0 Å². The predicted octanol–water partition coefficient (Wildman–Crippen LogP) is -0.936. The Hall–Kier alpha value is -0.850. The van der Waals surface area contributed by atoms with Crippen LogP contribution in [0.5, 0.6) is 0 Å². The van der Waals surface area contributed by atoms with Crippen molar-refractivity contribution in [3.63, 3.8) is 0 Å². The molecule has 2 atom stereocenters. The number of rotatable bonds is 7. The second-order valence-corrected chi connectivity index (χ2v) is 3.33. The van der Waals surface area contributed by atoms with Gasteiger partial charge < -0.3 is 25.6 Å². The first-order valence-electron chi connectivity index (χ1n) is 4.97. The first-order valence-corrected chi connectivity index (χ1v) is 4.97. The fourth-order valence-corrected chi connectivity index (χ4v) is 0.789. The summed E-state index contributed by atoms with van der Waals surface area (Å²) >= 11 is 0. The van der Waals surface area contributed by atoms with Crippen LogP contribution in [0.2, 0.25) is 0 Å². The van der Waals surface area contributed by atoms with Crippen molar-refractivity contribution >= 4 is 6.09 Å². The summed E-state index contributed by atoms with van der Waals surface area (Å²) in [4.78, 5) is 11.0. The maximum absolute atomic E-state index is 11.0. The minimum absolute atomic E-state index is 0.00306. The zero-order chi connectivity index (χ0) is 11.7. The Kier molecular flexibility index (Phi) is 7.98. The molecule has 15 heavy (non-hydrogen) atoms. The lowest BCUT2D eigenvalue weighted by Crippen LogP contribution is -2.35. The Labute approximate surface area is 89.6 Å². The van der Waals surface area contributed by atoms with Gasteiger partial charge in [-0.2, -0.15) is 0 Å². The molecule has 0 aromatic heterocycles. The molecule has 0 heterocycles. The largest absolute Gasteiger partial charge is 0.450 e. The van der Waals surface area contributed by atoms with Crippen molar-refractivity contribution in [2.45, 2.75) is 25.5 Å². The van der Waals surface area contributed by atoms with Gasteiger partial charge in [0.05, 0.1) is 19.3 Å². The second-order valence-electron chi connectivity index (χ2n) is 3.33. The summed E-state index contributed by atoms with van der Waals surface area (Å²) in [6, 6.07) is 0.292. The van der Waals surface area contributed by atoms with Crippen LogP contribution in [0.4, 0.5) is 4.79 Å². The molecule has 1 amide bonds. The van der Waals surface area contributed by atoms with Crippen molar-refractivity contribution in [3.05, 3.63) is 0 Å². The van der Waals surface area contributed by atoms with Crippen LogP contribution in [0.15, 0.2) is 0 Å². The third kappa shape index (κ3) is 8.17. The molecule has 4 N–H and O–H groups in total. The monoisotopic (exact) mass is 220 g/mol. The molecule has 0 saturated heterocycles. The van der Waals surface area contributed by atoms with Gasteiger partial charge in [0.15, 0.2) is 0 Å². The van der Waals surface area contributed by atoms with Gasteiger partial charge in [-0.25, -0.2) is 4.79 Å². The van der Waals surface area contributed by atoms with E-state index in [1.807, 2.05) is 14.0 Å². The van der Waals surface area contributed by atoms with Gasteiger partial charge in [-0.15, -0.1) is 0 Å². The summed E-state index contributed by atoms with van der Waals surface area (Å²) < 4.78 is 4.83. The third-order valence-corrected chi connectivity index (χ3v) is 1.97. The lowest BCUT2D eigenvalue weighted by Gasteiger charge is -2.12. The average Bonchev–Trinajstić information content (AvgIpc) is 2.25. The summed E-state index contributed by atoms with van der Waals surface area (Å²) in [6.45, 7) is 1.92. The fourth-order valence-electron chi connectivity index (χ4n) is 0.789. The lowest BCUT2D eigenvalue weighted by atomic mass is 10.2. The molecule has 0 aliphatic rings. The van der Waals surface area contributed by atoms with Gasteiger partial charge in [-0.3, -0.25) is 0 Å². The molecule has 6 nitrogen and oxygen atoms in total. The minimum Gasteiger partial charge on any atom is -0.450 e. The summed E-state index contributed by atoms with van der Waals surface area (Å²) in [6.07, 6.45) is -0.786. The van der Waals surface area contributed by atoms with Gasteiger partial charge in [-0.05, 0) is 20.4 Å². The summed E-state index contributed by atoms with van der Waals surface area (Å²) in [5.41, 5.74) is 0. The molecule has 0 spiro atoms.